The van der Waals surface area contributed by atoms with Gasteiger partial charge in [0.15, 0.2) is 0 Å². The Morgan fingerprint density at radius 3 is 2.86 bits per heavy atom. The molecule has 2 rings (SSSR count). The molecule has 7 heteroatoms. The molecule has 0 bridgehead atoms. The van der Waals surface area contributed by atoms with E-state index in [2.05, 4.69) is 38.0 Å². The van der Waals surface area contributed by atoms with Gasteiger partial charge < -0.3 is 14.6 Å². The molecule has 0 saturated carbocycles. The summed E-state index contributed by atoms with van der Waals surface area (Å²) in [5, 5.41) is 6.67. The number of halogens is 1. The van der Waals surface area contributed by atoms with E-state index < -0.39 is 0 Å². The maximum Gasteiger partial charge on any atom is 0.227 e. The fraction of sp³-hybridized carbons (Fsp3) is 0.357. The van der Waals surface area contributed by atoms with E-state index in [-0.39, 0.29) is 5.91 Å². The Bertz CT molecular complexity index is 583. The maximum absolute atomic E-state index is 11.5. The van der Waals surface area contributed by atoms with E-state index in [0.717, 1.165) is 9.13 Å². The maximum atomic E-state index is 11.5. The van der Waals surface area contributed by atoms with Crippen molar-refractivity contribution in [2.45, 2.75) is 12.8 Å². The molecule has 0 saturated heterocycles. The van der Waals surface area contributed by atoms with Crippen LogP contribution in [0.2, 0.25) is 0 Å². The second-order valence-corrected chi connectivity index (χ2v) is 5.61. The number of carbonyl (C=O) groups excluding carboxylic acids is 1. The lowest BCUT2D eigenvalue weighted by Gasteiger charge is -2.02. The van der Waals surface area contributed by atoms with Gasteiger partial charge in [0.05, 0.1) is 6.61 Å². The van der Waals surface area contributed by atoms with Gasteiger partial charge in [-0.1, -0.05) is 17.3 Å². The van der Waals surface area contributed by atoms with Crippen molar-refractivity contribution in [1.82, 2.24) is 15.5 Å². The van der Waals surface area contributed by atoms with Crippen molar-refractivity contribution in [3.63, 3.8) is 0 Å². The standard InChI is InChI=1S/C14H16IN3O3/c1-20-9-8-16-12(19)6-7-13-17-14(18-21-13)10-2-4-11(15)5-3-10/h2-5H,6-9H2,1H3,(H,16,19). The first-order valence-corrected chi connectivity index (χ1v) is 7.61. The van der Waals surface area contributed by atoms with Crippen LogP contribution in [-0.4, -0.2) is 36.3 Å². The van der Waals surface area contributed by atoms with Gasteiger partial charge in [-0.25, -0.2) is 0 Å². The quantitative estimate of drug-likeness (QED) is 0.568. The van der Waals surface area contributed by atoms with Gasteiger partial charge in [0.25, 0.3) is 0 Å². The highest BCUT2D eigenvalue weighted by Gasteiger charge is 2.10. The Morgan fingerprint density at radius 2 is 2.14 bits per heavy atom. The molecule has 0 aliphatic heterocycles. The van der Waals surface area contributed by atoms with Gasteiger partial charge >= 0.3 is 0 Å². The normalized spacial score (nSPS) is 10.6. The fourth-order valence-corrected chi connectivity index (χ4v) is 2.03. The molecule has 1 heterocycles. The van der Waals surface area contributed by atoms with Crippen molar-refractivity contribution in [3.05, 3.63) is 33.7 Å². The molecule has 0 atom stereocenters. The predicted octanol–water partition coefficient (Wildman–Crippen LogP) is 2.04. The predicted molar refractivity (Wildman–Crippen MR) is 85.7 cm³/mol. The van der Waals surface area contributed by atoms with Gasteiger partial charge in [0, 0.05) is 35.6 Å². The number of hydrogen-bond acceptors (Lipinski definition) is 5. The van der Waals surface area contributed by atoms with Crippen LogP contribution in [0.25, 0.3) is 11.4 Å². The minimum absolute atomic E-state index is 0.0546. The molecule has 1 N–H and O–H groups in total. The van der Waals surface area contributed by atoms with Crippen molar-refractivity contribution in [2.24, 2.45) is 0 Å². The lowest BCUT2D eigenvalue weighted by molar-refractivity contribution is -0.121. The molecular formula is C14H16IN3O3. The third-order valence-corrected chi connectivity index (χ3v) is 3.48. The summed E-state index contributed by atoms with van der Waals surface area (Å²) >= 11 is 2.24. The van der Waals surface area contributed by atoms with Crippen LogP contribution in [0.15, 0.2) is 28.8 Å². The molecular weight excluding hydrogens is 385 g/mol. The molecule has 1 amide bonds. The summed E-state index contributed by atoms with van der Waals surface area (Å²) in [6, 6.07) is 7.84. The highest BCUT2D eigenvalue weighted by Crippen LogP contribution is 2.17. The van der Waals surface area contributed by atoms with Crippen LogP contribution in [0.3, 0.4) is 0 Å². The number of nitrogens with zero attached hydrogens (tertiary/aromatic N) is 2. The van der Waals surface area contributed by atoms with E-state index in [4.69, 9.17) is 9.26 Å². The number of amides is 1. The van der Waals surface area contributed by atoms with Gasteiger partial charge in [0.1, 0.15) is 0 Å². The van der Waals surface area contributed by atoms with Gasteiger partial charge in [0.2, 0.25) is 17.6 Å². The molecule has 1 aromatic heterocycles. The summed E-state index contributed by atoms with van der Waals surface area (Å²) in [6.07, 6.45) is 0.744. The molecule has 0 radical (unpaired) electrons. The molecule has 0 unspecified atom stereocenters. The van der Waals surface area contributed by atoms with Crippen LogP contribution in [0.1, 0.15) is 12.3 Å². The van der Waals surface area contributed by atoms with E-state index in [1.807, 2.05) is 24.3 Å². The van der Waals surface area contributed by atoms with Crippen LogP contribution >= 0.6 is 22.6 Å². The molecule has 2 aromatic rings. The molecule has 1 aromatic carbocycles. The Morgan fingerprint density at radius 1 is 1.38 bits per heavy atom. The second kappa shape index (κ2) is 8.08. The Kier molecular flexibility index (Phi) is 6.12. The largest absolute Gasteiger partial charge is 0.383 e. The average molecular weight is 401 g/mol. The zero-order valence-corrected chi connectivity index (χ0v) is 13.8. The topological polar surface area (TPSA) is 77.2 Å². The number of rotatable bonds is 7. The molecule has 6 nitrogen and oxygen atoms in total. The Hall–Kier alpha value is -1.48. The van der Waals surface area contributed by atoms with Gasteiger partial charge in [-0.05, 0) is 34.7 Å². The first-order chi connectivity index (χ1) is 10.2. The van der Waals surface area contributed by atoms with E-state index in [0.29, 0.717) is 37.7 Å². The number of hydrogen-bond donors (Lipinski definition) is 1. The zero-order chi connectivity index (χ0) is 15.1. The van der Waals surface area contributed by atoms with Gasteiger partial charge in [-0.2, -0.15) is 4.98 Å². The third-order valence-electron chi connectivity index (χ3n) is 2.76. The number of aromatic nitrogens is 2. The van der Waals surface area contributed by atoms with Crippen LogP contribution in [0, 0.1) is 3.57 Å². The minimum atomic E-state index is -0.0546. The summed E-state index contributed by atoms with van der Waals surface area (Å²) in [4.78, 5) is 15.8. The van der Waals surface area contributed by atoms with E-state index in [9.17, 15) is 4.79 Å². The second-order valence-electron chi connectivity index (χ2n) is 4.36. The summed E-state index contributed by atoms with van der Waals surface area (Å²) < 4.78 is 11.2. The lowest BCUT2D eigenvalue weighted by Crippen LogP contribution is -2.27. The molecule has 21 heavy (non-hydrogen) atoms. The SMILES string of the molecule is COCCNC(=O)CCc1nc(-c2ccc(I)cc2)no1. The molecule has 112 valence electrons. The van der Waals surface area contributed by atoms with Crippen molar-refractivity contribution in [3.8, 4) is 11.4 Å². The summed E-state index contributed by atoms with van der Waals surface area (Å²) in [7, 11) is 1.59. The summed E-state index contributed by atoms with van der Waals surface area (Å²) in [5.74, 6) is 0.952. The third kappa shape index (κ3) is 5.09. The van der Waals surface area contributed by atoms with E-state index in [1.165, 1.54) is 0 Å². The fourth-order valence-electron chi connectivity index (χ4n) is 1.67. The summed E-state index contributed by atoms with van der Waals surface area (Å²) in [5.41, 5.74) is 0.898. The molecule has 0 fully saturated rings. The van der Waals surface area contributed by atoms with Crippen molar-refractivity contribution >= 4 is 28.5 Å². The zero-order valence-electron chi connectivity index (χ0n) is 11.6. The van der Waals surface area contributed by atoms with Crippen LogP contribution < -0.4 is 5.32 Å². The van der Waals surface area contributed by atoms with Crippen LogP contribution in [0.4, 0.5) is 0 Å². The molecule has 0 aliphatic carbocycles. The number of aryl methyl sites for hydroxylation is 1. The van der Waals surface area contributed by atoms with Gasteiger partial charge in [-0.3, -0.25) is 4.79 Å². The number of nitrogens with one attached hydrogen (secondary N) is 1. The van der Waals surface area contributed by atoms with E-state index in [1.54, 1.807) is 7.11 Å². The van der Waals surface area contributed by atoms with E-state index >= 15 is 0 Å². The molecule has 0 aliphatic rings. The van der Waals surface area contributed by atoms with Crippen LogP contribution in [0.5, 0.6) is 0 Å². The number of benzene rings is 1. The minimum Gasteiger partial charge on any atom is -0.383 e. The first-order valence-electron chi connectivity index (χ1n) is 6.53. The Balaban J connectivity index is 1.86. The highest BCUT2D eigenvalue weighted by molar-refractivity contribution is 14.1. The van der Waals surface area contributed by atoms with Crippen molar-refractivity contribution in [2.75, 3.05) is 20.3 Å². The van der Waals surface area contributed by atoms with Crippen LogP contribution in [-0.2, 0) is 16.0 Å². The number of methoxy groups -OCH3 is 1. The average Bonchev–Trinajstić information content (AvgIpc) is 2.95. The van der Waals surface area contributed by atoms with Crippen molar-refractivity contribution in [1.29, 1.82) is 0 Å². The summed E-state index contributed by atoms with van der Waals surface area (Å²) in [6.45, 7) is 1.01. The Labute approximate surface area is 136 Å². The highest BCUT2D eigenvalue weighted by atomic mass is 127. The smallest absolute Gasteiger partial charge is 0.227 e. The van der Waals surface area contributed by atoms with Gasteiger partial charge in [-0.15, -0.1) is 0 Å². The first kappa shape index (κ1) is 15.9. The number of carbonyl (C=O) groups is 1. The lowest BCUT2D eigenvalue weighted by atomic mass is 10.2. The van der Waals surface area contributed by atoms with Crippen molar-refractivity contribution < 1.29 is 14.1 Å². The molecule has 0 spiro atoms. The number of ether oxygens (including phenoxy) is 1. The monoisotopic (exact) mass is 401 g/mol.